The predicted octanol–water partition coefficient (Wildman–Crippen LogP) is 5.64. The summed E-state index contributed by atoms with van der Waals surface area (Å²) >= 11 is 0. The van der Waals surface area contributed by atoms with Gasteiger partial charge >= 0.3 is 0 Å². The van der Waals surface area contributed by atoms with Crippen LogP contribution in [0.5, 0.6) is 5.75 Å². The van der Waals surface area contributed by atoms with Gasteiger partial charge in [-0.05, 0) is 65.6 Å². The summed E-state index contributed by atoms with van der Waals surface area (Å²) in [7, 11) is 1.66. The summed E-state index contributed by atoms with van der Waals surface area (Å²) in [6.07, 6.45) is 3.64. The van der Waals surface area contributed by atoms with Crippen LogP contribution in [-0.2, 0) is 6.54 Å². The van der Waals surface area contributed by atoms with Crippen molar-refractivity contribution < 1.29 is 9.53 Å². The molecule has 0 aliphatic carbocycles. The molecule has 2 atom stereocenters. The SMILES string of the molecule is COc1ccc(-c2cccn3nc(C(C)C(C)c4cccc(C(=O)NCc5ccccn5)c4)nc23)cc1. The van der Waals surface area contributed by atoms with E-state index in [4.69, 9.17) is 14.8 Å². The number of nitrogens with one attached hydrogen (secondary N) is 1. The van der Waals surface area contributed by atoms with Gasteiger partial charge in [-0.1, -0.05) is 44.2 Å². The van der Waals surface area contributed by atoms with Crippen molar-refractivity contribution in [3.05, 3.63) is 114 Å². The number of amides is 1. The van der Waals surface area contributed by atoms with Crippen LogP contribution < -0.4 is 10.1 Å². The summed E-state index contributed by atoms with van der Waals surface area (Å²) in [4.78, 5) is 22.0. The number of benzene rings is 2. The Labute approximate surface area is 216 Å². The van der Waals surface area contributed by atoms with Crippen LogP contribution in [0.1, 0.15) is 53.1 Å². The predicted molar refractivity (Wildman–Crippen MR) is 144 cm³/mol. The minimum absolute atomic E-state index is 0.0375. The first-order valence-electron chi connectivity index (χ1n) is 12.3. The molecule has 0 fully saturated rings. The lowest BCUT2D eigenvalue weighted by atomic mass is 9.87. The van der Waals surface area contributed by atoms with Crippen molar-refractivity contribution in [3.63, 3.8) is 0 Å². The van der Waals surface area contributed by atoms with Crippen LogP contribution >= 0.6 is 0 Å². The fraction of sp³-hybridized carbons (Fsp3) is 0.200. The Morgan fingerprint density at radius 1 is 0.973 bits per heavy atom. The topological polar surface area (TPSA) is 81.4 Å². The lowest BCUT2D eigenvalue weighted by Gasteiger charge is -2.18. The second-order valence-corrected chi connectivity index (χ2v) is 9.10. The van der Waals surface area contributed by atoms with E-state index in [9.17, 15) is 4.79 Å². The first-order valence-corrected chi connectivity index (χ1v) is 12.3. The molecule has 3 aromatic heterocycles. The van der Waals surface area contributed by atoms with E-state index in [0.717, 1.165) is 39.6 Å². The summed E-state index contributed by atoms with van der Waals surface area (Å²) in [6, 6.07) is 25.4. The Morgan fingerprint density at radius 2 is 1.81 bits per heavy atom. The smallest absolute Gasteiger partial charge is 0.251 e. The van der Waals surface area contributed by atoms with Gasteiger partial charge in [0.05, 0.1) is 19.3 Å². The number of aromatic nitrogens is 4. The fourth-order valence-electron chi connectivity index (χ4n) is 4.36. The number of rotatable bonds is 8. The van der Waals surface area contributed by atoms with Gasteiger partial charge < -0.3 is 10.1 Å². The van der Waals surface area contributed by atoms with E-state index in [0.29, 0.717) is 12.1 Å². The largest absolute Gasteiger partial charge is 0.497 e. The Kier molecular flexibility index (Phi) is 6.94. The highest BCUT2D eigenvalue weighted by molar-refractivity contribution is 5.94. The maximum Gasteiger partial charge on any atom is 0.251 e. The number of pyridine rings is 2. The third kappa shape index (κ3) is 5.21. The number of ether oxygens (including phenoxy) is 1. The van der Waals surface area contributed by atoms with E-state index in [1.807, 2.05) is 77.4 Å². The maximum atomic E-state index is 12.8. The molecule has 7 nitrogen and oxygen atoms in total. The van der Waals surface area contributed by atoms with Crippen LogP contribution in [0.3, 0.4) is 0 Å². The van der Waals surface area contributed by atoms with Gasteiger partial charge in [-0.15, -0.1) is 0 Å². The van der Waals surface area contributed by atoms with E-state index in [1.165, 1.54) is 0 Å². The lowest BCUT2D eigenvalue weighted by molar-refractivity contribution is 0.0950. The molecule has 0 saturated carbocycles. The Balaban J connectivity index is 1.36. The Bertz CT molecular complexity index is 1510. The van der Waals surface area contributed by atoms with Gasteiger partial charge in [0.15, 0.2) is 11.5 Å². The van der Waals surface area contributed by atoms with Crippen LogP contribution in [0.15, 0.2) is 91.3 Å². The highest BCUT2D eigenvalue weighted by Gasteiger charge is 2.22. The molecular weight excluding hydrogens is 462 g/mol. The molecule has 2 aromatic carbocycles. The van der Waals surface area contributed by atoms with Crippen molar-refractivity contribution in [1.29, 1.82) is 0 Å². The van der Waals surface area contributed by atoms with Gasteiger partial charge in [-0.25, -0.2) is 9.50 Å². The molecule has 186 valence electrons. The van der Waals surface area contributed by atoms with Crippen LogP contribution in [0.4, 0.5) is 0 Å². The molecule has 2 unspecified atom stereocenters. The van der Waals surface area contributed by atoms with E-state index in [1.54, 1.807) is 13.3 Å². The van der Waals surface area contributed by atoms with E-state index < -0.39 is 0 Å². The zero-order chi connectivity index (χ0) is 25.8. The van der Waals surface area contributed by atoms with Crippen molar-refractivity contribution in [3.8, 4) is 16.9 Å². The van der Waals surface area contributed by atoms with Crippen LogP contribution in [0, 0.1) is 0 Å². The quantitative estimate of drug-likeness (QED) is 0.304. The van der Waals surface area contributed by atoms with Gasteiger partial charge in [-0.2, -0.15) is 5.10 Å². The normalized spacial score (nSPS) is 12.7. The summed E-state index contributed by atoms with van der Waals surface area (Å²) in [5.74, 6) is 1.59. The molecule has 1 N–H and O–H groups in total. The van der Waals surface area contributed by atoms with Crippen molar-refractivity contribution in [2.75, 3.05) is 7.11 Å². The van der Waals surface area contributed by atoms with Gasteiger partial charge in [0.1, 0.15) is 5.75 Å². The zero-order valence-electron chi connectivity index (χ0n) is 21.1. The Hall–Kier alpha value is -4.52. The maximum absolute atomic E-state index is 12.8. The van der Waals surface area contributed by atoms with Gasteiger partial charge in [0.2, 0.25) is 0 Å². The number of nitrogens with zero attached hydrogens (tertiary/aromatic N) is 4. The van der Waals surface area contributed by atoms with Gasteiger partial charge in [-0.3, -0.25) is 9.78 Å². The molecule has 3 heterocycles. The third-order valence-electron chi connectivity index (χ3n) is 6.77. The molecule has 37 heavy (non-hydrogen) atoms. The molecule has 0 radical (unpaired) electrons. The molecule has 0 bridgehead atoms. The molecule has 0 aliphatic rings. The van der Waals surface area contributed by atoms with E-state index >= 15 is 0 Å². The van der Waals surface area contributed by atoms with Crippen molar-refractivity contribution in [2.45, 2.75) is 32.2 Å². The van der Waals surface area contributed by atoms with Gasteiger partial charge in [0.25, 0.3) is 5.91 Å². The second-order valence-electron chi connectivity index (χ2n) is 9.10. The number of methoxy groups -OCH3 is 1. The van der Waals surface area contributed by atoms with Crippen molar-refractivity contribution in [1.82, 2.24) is 24.9 Å². The molecule has 0 aliphatic heterocycles. The van der Waals surface area contributed by atoms with E-state index in [2.05, 4.69) is 36.3 Å². The summed E-state index contributed by atoms with van der Waals surface area (Å²) in [5, 5.41) is 7.75. The average molecular weight is 492 g/mol. The van der Waals surface area contributed by atoms with Crippen LogP contribution in [0.2, 0.25) is 0 Å². The molecule has 5 rings (SSSR count). The lowest BCUT2D eigenvalue weighted by Crippen LogP contribution is -2.23. The first kappa shape index (κ1) is 24.2. The standard InChI is InChI=1S/C30H29N5O2/c1-20(23-8-6-9-24(18-23)30(36)32-19-25-10-4-5-16-31-25)21(2)28-33-29-27(11-7-17-35(29)34-28)22-12-14-26(37-3)15-13-22/h4-18,20-21H,19H2,1-3H3,(H,32,36). The minimum Gasteiger partial charge on any atom is -0.497 e. The number of fused-ring (bicyclic) bond motifs is 1. The zero-order valence-corrected chi connectivity index (χ0v) is 21.1. The Morgan fingerprint density at radius 3 is 2.57 bits per heavy atom. The molecule has 7 heteroatoms. The summed E-state index contributed by atoms with van der Waals surface area (Å²) in [6.45, 7) is 4.66. The minimum atomic E-state index is -0.123. The molecule has 0 spiro atoms. The van der Waals surface area contributed by atoms with Crippen LogP contribution in [0.25, 0.3) is 16.8 Å². The molecule has 1 amide bonds. The molecule has 5 aromatic rings. The highest BCUT2D eigenvalue weighted by atomic mass is 16.5. The third-order valence-corrected chi connectivity index (χ3v) is 6.77. The average Bonchev–Trinajstić information content (AvgIpc) is 3.40. The monoisotopic (exact) mass is 491 g/mol. The number of hydrogen-bond donors (Lipinski definition) is 1. The number of hydrogen-bond acceptors (Lipinski definition) is 5. The van der Waals surface area contributed by atoms with Crippen molar-refractivity contribution in [2.24, 2.45) is 0 Å². The summed E-state index contributed by atoms with van der Waals surface area (Å²) < 4.78 is 7.13. The molecular formula is C30H29N5O2. The van der Waals surface area contributed by atoms with Crippen molar-refractivity contribution >= 4 is 11.6 Å². The van der Waals surface area contributed by atoms with Crippen LogP contribution in [-0.4, -0.2) is 32.6 Å². The van der Waals surface area contributed by atoms with Gasteiger partial charge in [0, 0.05) is 29.4 Å². The fourth-order valence-corrected chi connectivity index (χ4v) is 4.36. The number of carbonyl (C=O) groups is 1. The highest BCUT2D eigenvalue weighted by Crippen LogP contribution is 2.33. The summed E-state index contributed by atoms with van der Waals surface area (Å²) in [5.41, 5.74) is 5.38. The first-order chi connectivity index (χ1) is 18.0. The van der Waals surface area contributed by atoms with E-state index in [-0.39, 0.29) is 17.7 Å². The second kappa shape index (κ2) is 10.6. The number of carbonyl (C=O) groups excluding carboxylic acids is 1. The molecule has 0 saturated heterocycles.